The van der Waals surface area contributed by atoms with Gasteiger partial charge in [0.25, 0.3) is 0 Å². The van der Waals surface area contributed by atoms with Gasteiger partial charge < -0.3 is 14.8 Å². The molecule has 2 aromatic rings. The number of aromatic nitrogens is 2. The van der Waals surface area contributed by atoms with E-state index in [1.807, 2.05) is 25.1 Å². The van der Waals surface area contributed by atoms with Crippen LogP contribution < -0.4 is 19.7 Å². The van der Waals surface area contributed by atoms with Crippen molar-refractivity contribution in [2.75, 3.05) is 30.0 Å². The molecule has 4 rings (SSSR count). The summed E-state index contributed by atoms with van der Waals surface area (Å²) in [5, 5.41) is 3.29. The van der Waals surface area contributed by atoms with Gasteiger partial charge in [0.15, 0.2) is 11.5 Å². The number of benzene rings is 1. The topological polar surface area (TPSA) is 76.6 Å². The lowest BCUT2D eigenvalue weighted by molar-refractivity contribution is -0.117. The molecule has 3 heterocycles. The summed E-state index contributed by atoms with van der Waals surface area (Å²) in [6.45, 7) is 3.89. The Morgan fingerprint density at radius 2 is 2.04 bits per heavy atom. The fourth-order valence-electron chi connectivity index (χ4n) is 3.07. The largest absolute Gasteiger partial charge is 0.486 e. The first-order valence-electron chi connectivity index (χ1n) is 8.50. The summed E-state index contributed by atoms with van der Waals surface area (Å²) < 4.78 is 11.2. The number of hydrogen-bond donors (Lipinski definition) is 1. The van der Waals surface area contributed by atoms with E-state index in [-0.39, 0.29) is 11.9 Å². The smallest absolute Gasteiger partial charge is 0.228 e. The van der Waals surface area contributed by atoms with E-state index in [2.05, 4.69) is 15.3 Å². The molecule has 1 amide bonds. The zero-order valence-corrected chi connectivity index (χ0v) is 14.1. The number of nitrogens with one attached hydrogen (secondary N) is 1. The average molecular weight is 340 g/mol. The quantitative estimate of drug-likeness (QED) is 0.922. The maximum Gasteiger partial charge on any atom is 0.228 e. The summed E-state index contributed by atoms with van der Waals surface area (Å²) in [5.74, 6) is 2.79. The molecule has 1 N–H and O–H groups in total. The van der Waals surface area contributed by atoms with E-state index >= 15 is 0 Å². The van der Waals surface area contributed by atoms with E-state index in [9.17, 15) is 4.79 Å². The molecule has 1 aromatic heterocycles. The summed E-state index contributed by atoms with van der Waals surface area (Å²) in [4.78, 5) is 22.4. The van der Waals surface area contributed by atoms with E-state index in [0.717, 1.165) is 23.5 Å². The number of carbonyl (C=O) groups is 1. The number of carbonyl (C=O) groups excluding carboxylic acids is 1. The molecular weight excluding hydrogens is 320 g/mol. The second-order valence-corrected chi connectivity index (χ2v) is 6.16. The number of ether oxygens (including phenoxy) is 2. The summed E-state index contributed by atoms with van der Waals surface area (Å²) >= 11 is 0. The third-order valence-electron chi connectivity index (χ3n) is 4.40. The lowest BCUT2D eigenvalue weighted by Crippen LogP contribution is -2.25. The van der Waals surface area contributed by atoms with Crippen molar-refractivity contribution >= 4 is 17.7 Å². The van der Waals surface area contributed by atoms with Gasteiger partial charge in [0.1, 0.15) is 19.0 Å². The highest BCUT2D eigenvalue weighted by atomic mass is 16.6. The van der Waals surface area contributed by atoms with Gasteiger partial charge in [-0.1, -0.05) is 6.07 Å². The highest BCUT2D eigenvalue weighted by molar-refractivity contribution is 5.94. The number of nitrogens with zero attached hydrogens (tertiary/aromatic N) is 3. The minimum Gasteiger partial charge on any atom is -0.486 e. The van der Waals surface area contributed by atoms with Crippen LogP contribution in [0.3, 0.4) is 0 Å². The van der Waals surface area contributed by atoms with Gasteiger partial charge in [-0.25, -0.2) is 4.98 Å². The van der Waals surface area contributed by atoms with Crippen LogP contribution in [0.5, 0.6) is 11.5 Å². The second-order valence-electron chi connectivity index (χ2n) is 6.16. The Morgan fingerprint density at radius 1 is 1.20 bits per heavy atom. The first-order chi connectivity index (χ1) is 12.2. The molecule has 1 fully saturated rings. The third kappa shape index (κ3) is 3.22. The predicted octanol–water partition coefficient (Wildman–Crippen LogP) is 2.55. The first-order valence-corrected chi connectivity index (χ1v) is 8.50. The Kier molecular flexibility index (Phi) is 4.13. The van der Waals surface area contributed by atoms with Crippen LogP contribution in [0.15, 0.2) is 30.5 Å². The fourth-order valence-corrected chi connectivity index (χ4v) is 3.07. The van der Waals surface area contributed by atoms with Crippen molar-refractivity contribution in [1.82, 2.24) is 9.97 Å². The molecule has 1 unspecified atom stereocenters. The van der Waals surface area contributed by atoms with Crippen LogP contribution in [0, 0.1) is 0 Å². The van der Waals surface area contributed by atoms with Gasteiger partial charge in [0, 0.05) is 19.2 Å². The Bertz CT molecular complexity index is 796. The molecule has 7 nitrogen and oxygen atoms in total. The standard InChI is InChI=1S/C18H20N4O3/c1-12(13-4-5-14-15(11-13)25-10-9-24-14)20-18-19-7-6-16(21-18)22-8-2-3-17(22)23/h4-7,11-12H,2-3,8-10H2,1H3,(H,19,20,21). The van der Waals surface area contributed by atoms with Crippen LogP contribution in [-0.4, -0.2) is 35.6 Å². The van der Waals surface area contributed by atoms with Crippen molar-refractivity contribution in [2.24, 2.45) is 0 Å². The average Bonchev–Trinajstić information content (AvgIpc) is 3.07. The fraction of sp³-hybridized carbons (Fsp3) is 0.389. The molecule has 25 heavy (non-hydrogen) atoms. The van der Waals surface area contributed by atoms with Gasteiger partial charge in [-0.05, 0) is 37.1 Å². The van der Waals surface area contributed by atoms with Crippen molar-refractivity contribution in [2.45, 2.75) is 25.8 Å². The number of anilines is 2. The molecule has 1 atom stereocenters. The van der Waals surface area contributed by atoms with Gasteiger partial charge in [0.2, 0.25) is 11.9 Å². The number of amides is 1. The zero-order valence-electron chi connectivity index (χ0n) is 14.1. The lowest BCUT2D eigenvalue weighted by Gasteiger charge is -2.21. The van der Waals surface area contributed by atoms with Crippen LogP contribution in [0.25, 0.3) is 0 Å². The zero-order chi connectivity index (χ0) is 17.2. The molecule has 0 bridgehead atoms. The van der Waals surface area contributed by atoms with E-state index in [1.165, 1.54) is 0 Å². The molecule has 1 saturated heterocycles. The molecule has 0 radical (unpaired) electrons. The molecule has 2 aliphatic heterocycles. The molecule has 7 heteroatoms. The summed E-state index contributed by atoms with van der Waals surface area (Å²) in [7, 11) is 0. The number of hydrogen-bond acceptors (Lipinski definition) is 6. The summed E-state index contributed by atoms with van der Waals surface area (Å²) in [6, 6.07) is 7.64. The SMILES string of the molecule is CC(Nc1nccc(N2CCCC2=O)n1)c1ccc2c(c1)OCCO2. The van der Waals surface area contributed by atoms with Crippen molar-refractivity contribution in [3.63, 3.8) is 0 Å². The molecule has 130 valence electrons. The van der Waals surface area contributed by atoms with E-state index in [1.54, 1.807) is 17.2 Å². The Hall–Kier alpha value is -2.83. The highest BCUT2D eigenvalue weighted by Gasteiger charge is 2.23. The molecule has 0 spiro atoms. The Labute approximate surface area is 146 Å². The van der Waals surface area contributed by atoms with E-state index in [4.69, 9.17) is 9.47 Å². The molecular formula is C18H20N4O3. The van der Waals surface area contributed by atoms with Crippen LogP contribution in [0.1, 0.15) is 31.4 Å². The van der Waals surface area contributed by atoms with Gasteiger partial charge in [-0.15, -0.1) is 0 Å². The highest BCUT2D eigenvalue weighted by Crippen LogP contribution is 2.33. The van der Waals surface area contributed by atoms with Crippen molar-refractivity contribution in [3.05, 3.63) is 36.0 Å². The minimum absolute atomic E-state index is 0.0136. The van der Waals surface area contributed by atoms with Crippen LogP contribution >= 0.6 is 0 Å². The second kappa shape index (κ2) is 6.58. The summed E-state index contributed by atoms with van der Waals surface area (Å²) in [6.07, 6.45) is 3.13. The van der Waals surface area contributed by atoms with Gasteiger partial charge in [-0.3, -0.25) is 9.69 Å². The van der Waals surface area contributed by atoms with Gasteiger partial charge in [0.05, 0.1) is 6.04 Å². The maximum absolute atomic E-state index is 11.9. The molecule has 0 aliphatic carbocycles. The third-order valence-corrected chi connectivity index (χ3v) is 4.40. The van der Waals surface area contributed by atoms with Crippen LogP contribution in [-0.2, 0) is 4.79 Å². The number of rotatable bonds is 4. The predicted molar refractivity (Wildman–Crippen MR) is 93.1 cm³/mol. The number of fused-ring (bicyclic) bond motifs is 1. The van der Waals surface area contributed by atoms with Crippen molar-refractivity contribution in [3.8, 4) is 11.5 Å². The van der Waals surface area contributed by atoms with Crippen molar-refractivity contribution < 1.29 is 14.3 Å². The van der Waals surface area contributed by atoms with Gasteiger partial charge in [-0.2, -0.15) is 4.98 Å². The first kappa shape index (κ1) is 15.7. The van der Waals surface area contributed by atoms with Crippen molar-refractivity contribution in [1.29, 1.82) is 0 Å². The Balaban J connectivity index is 1.51. The Morgan fingerprint density at radius 3 is 2.84 bits per heavy atom. The monoisotopic (exact) mass is 340 g/mol. The van der Waals surface area contributed by atoms with E-state index < -0.39 is 0 Å². The normalized spacial score (nSPS) is 17.5. The lowest BCUT2D eigenvalue weighted by atomic mass is 10.1. The molecule has 2 aliphatic rings. The van der Waals surface area contributed by atoms with E-state index in [0.29, 0.717) is 37.9 Å². The molecule has 1 aromatic carbocycles. The maximum atomic E-state index is 11.9. The van der Waals surface area contributed by atoms with Gasteiger partial charge >= 0.3 is 0 Å². The minimum atomic E-state index is -0.0136. The van der Waals surface area contributed by atoms with Crippen LogP contribution in [0.2, 0.25) is 0 Å². The van der Waals surface area contributed by atoms with Crippen LogP contribution in [0.4, 0.5) is 11.8 Å². The molecule has 0 saturated carbocycles. The summed E-state index contributed by atoms with van der Waals surface area (Å²) in [5.41, 5.74) is 1.05.